The molecule has 0 aliphatic carbocycles. The smallest absolute Gasteiger partial charge is 0.318 e. The first-order valence-corrected chi connectivity index (χ1v) is 8.97. The molecule has 1 aliphatic heterocycles. The molecule has 22 heavy (non-hydrogen) atoms. The number of hydrogen-bond acceptors (Lipinski definition) is 4. The van der Waals surface area contributed by atoms with Crippen molar-refractivity contribution in [1.82, 2.24) is 4.31 Å². The lowest BCUT2D eigenvalue weighted by Gasteiger charge is -2.19. The first-order valence-electron chi connectivity index (χ1n) is 7.36. The molecule has 0 atom stereocenters. The van der Waals surface area contributed by atoms with Crippen LogP contribution in [0.3, 0.4) is 0 Å². The lowest BCUT2D eigenvalue weighted by molar-refractivity contribution is -0.137. The Morgan fingerprint density at radius 1 is 1.41 bits per heavy atom. The molecule has 1 N–H and O–H groups in total. The number of rotatable bonds is 8. The Kier molecular flexibility index (Phi) is 5.42. The number of aryl methyl sites for hydroxylation is 1. The van der Waals surface area contributed by atoms with Gasteiger partial charge >= 0.3 is 5.97 Å². The zero-order valence-electron chi connectivity index (χ0n) is 12.6. The minimum absolute atomic E-state index is 0.0834. The first-order chi connectivity index (χ1) is 10.4. The number of nitrogens with zero attached hydrogens (tertiary/aromatic N) is 1. The molecule has 2 rings (SSSR count). The van der Waals surface area contributed by atoms with Gasteiger partial charge in [0.1, 0.15) is 12.3 Å². The molecular formula is C15H21NO5S. The summed E-state index contributed by atoms with van der Waals surface area (Å²) in [7, 11) is -3.57. The molecule has 0 fully saturated rings. The first kappa shape index (κ1) is 16.8. The average molecular weight is 327 g/mol. The zero-order chi connectivity index (χ0) is 16.2. The number of hydrogen-bond donors (Lipinski definition) is 1. The standard InChI is InChI=1S/C15H21NO5S/c1-2-7-16(11-15(17)18)22(19,20)9-6-12-3-4-14-13(10-12)5-8-21-14/h3-4,10H,2,5-9,11H2,1H3,(H,17,18). The van der Waals surface area contributed by atoms with E-state index in [1.165, 1.54) is 0 Å². The van der Waals surface area contributed by atoms with Crippen molar-refractivity contribution in [3.05, 3.63) is 29.3 Å². The maximum Gasteiger partial charge on any atom is 0.318 e. The summed E-state index contributed by atoms with van der Waals surface area (Å²) in [6.45, 7) is 2.24. The molecule has 0 unspecified atom stereocenters. The summed E-state index contributed by atoms with van der Waals surface area (Å²) in [6.07, 6.45) is 1.80. The van der Waals surface area contributed by atoms with Gasteiger partial charge in [-0.3, -0.25) is 4.79 Å². The van der Waals surface area contributed by atoms with E-state index in [0.717, 1.165) is 27.6 Å². The van der Waals surface area contributed by atoms with Crippen LogP contribution < -0.4 is 4.74 Å². The highest BCUT2D eigenvalue weighted by molar-refractivity contribution is 7.89. The second-order valence-electron chi connectivity index (χ2n) is 5.33. The van der Waals surface area contributed by atoms with E-state index in [2.05, 4.69) is 0 Å². The van der Waals surface area contributed by atoms with E-state index >= 15 is 0 Å². The molecular weight excluding hydrogens is 306 g/mol. The van der Waals surface area contributed by atoms with Crippen LogP contribution in [0.25, 0.3) is 0 Å². The van der Waals surface area contributed by atoms with Crippen LogP contribution in [0.4, 0.5) is 0 Å². The molecule has 0 radical (unpaired) electrons. The Balaban J connectivity index is 2.03. The molecule has 122 valence electrons. The van der Waals surface area contributed by atoms with Crippen molar-refractivity contribution in [2.45, 2.75) is 26.2 Å². The van der Waals surface area contributed by atoms with Gasteiger partial charge in [-0.2, -0.15) is 4.31 Å². The van der Waals surface area contributed by atoms with Crippen LogP contribution >= 0.6 is 0 Å². The Morgan fingerprint density at radius 3 is 2.86 bits per heavy atom. The predicted octanol–water partition coefficient (Wildman–Crippen LogP) is 1.29. The van der Waals surface area contributed by atoms with Gasteiger partial charge in [0.15, 0.2) is 0 Å². The van der Waals surface area contributed by atoms with Gasteiger partial charge in [0.05, 0.1) is 12.4 Å². The molecule has 6 nitrogen and oxygen atoms in total. The summed E-state index contributed by atoms with van der Waals surface area (Å²) < 4.78 is 31.1. The summed E-state index contributed by atoms with van der Waals surface area (Å²) in [4.78, 5) is 10.8. The fraction of sp³-hybridized carbons (Fsp3) is 0.533. The highest BCUT2D eigenvalue weighted by atomic mass is 32.2. The van der Waals surface area contributed by atoms with E-state index in [1.54, 1.807) is 0 Å². The topological polar surface area (TPSA) is 83.9 Å². The van der Waals surface area contributed by atoms with Crippen LogP contribution in [-0.4, -0.2) is 49.2 Å². The lowest BCUT2D eigenvalue weighted by atomic mass is 10.1. The van der Waals surface area contributed by atoms with E-state index < -0.39 is 22.5 Å². The number of aliphatic carboxylic acids is 1. The molecule has 1 aromatic rings. The number of carbonyl (C=O) groups is 1. The van der Waals surface area contributed by atoms with E-state index in [4.69, 9.17) is 9.84 Å². The van der Waals surface area contributed by atoms with E-state index in [-0.39, 0.29) is 12.3 Å². The van der Waals surface area contributed by atoms with Crippen molar-refractivity contribution < 1.29 is 23.1 Å². The Bertz CT molecular complexity index is 641. The zero-order valence-corrected chi connectivity index (χ0v) is 13.4. The highest BCUT2D eigenvalue weighted by Crippen LogP contribution is 2.26. The van der Waals surface area contributed by atoms with Crippen LogP contribution in [-0.2, 0) is 27.7 Å². The summed E-state index contributed by atoms with van der Waals surface area (Å²) in [5.41, 5.74) is 2.03. The summed E-state index contributed by atoms with van der Waals surface area (Å²) in [5, 5.41) is 8.84. The number of carboxylic acids is 1. The van der Waals surface area contributed by atoms with E-state index in [0.29, 0.717) is 19.4 Å². The molecule has 1 aliphatic rings. The van der Waals surface area contributed by atoms with Gasteiger partial charge in [-0.25, -0.2) is 8.42 Å². The SMILES string of the molecule is CCCN(CC(=O)O)S(=O)(=O)CCc1ccc2c(c1)CCO2. The number of fused-ring (bicyclic) bond motifs is 1. The van der Waals surface area contributed by atoms with Crippen molar-refractivity contribution >= 4 is 16.0 Å². The Labute approximate surface area is 130 Å². The Morgan fingerprint density at radius 2 is 2.18 bits per heavy atom. The molecule has 0 bridgehead atoms. The third-order valence-corrected chi connectivity index (χ3v) is 5.40. The molecule has 0 aromatic heterocycles. The van der Waals surface area contributed by atoms with Crippen molar-refractivity contribution in [2.75, 3.05) is 25.4 Å². The van der Waals surface area contributed by atoms with Crippen LogP contribution in [0.15, 0.2) is 18.2 Å². The number of carboxylic acid groups (broad SMARTS) is 1. The van der Waals surface area contributed by atoms with Crippen LogP contribution in [0.5, 0.6) is 5.75 Å². The van der Waals surface area contributed by atoms with Crippen molar-refractivity contribution in [3.8, 4) is 5.75 Å². The van der Waals surface area contributed by atoms with Gasteiger partial charge in [-0.15, -0.1) is 0 Å². The van der Waals surface area contributed by atoms with Gasteiger partial charge in [0.2, 0.25) is 10.0 Å². The number of ether oxygens (including phenoxy) is 1. The predicted molar refractivity (Wildman–Crippen MR) is 82.6 cm³/mol. The van der Waals surface area contributed by atoms with Crippen LogP contribution in [0, 0.1) is 0 Å². The van der Waals surface area contributed by atoms with Crippen molar-refractivity contribution in [3.63, 3.8) is 0 Å². The number of sulfonamides is 1. The van der Waals surface area contributed by atoms with E-state index in [9.17, 15) is 13.2 Å². The van der Waals surface area contributed by atoms with E-state index in [1.807, 2.05) is 25.1 Å². The molecule has 0 spiro atoms. The third-order valence-electron chi connectivity index (χ3n) is 3.58. The molecule has 0 amide bonds. The third kappa shape index (κ3) is 4.20. The molecule has 1 heterocycles. The number of benzene rings is 1. The molecule has 7 heteroatoms. The van der Waals surface area contributed by atoms with Crippen LogP contribution in [0.2, 0.25) is 0 Å². The van der Waals surface area contributed by atoms with Gasteiger partial charge < -0.3 is 9.84 Å². The van der Waals surface area contributed by atoms with Crippen LogP contribution in [0.1, 0.15) is 24.5 Å². The summed E-state index contributed by atoms with van der Waals surface area (Å²) in [6, 6.07) is 5.70. The average Bonchev–Trinajstić information content (AvgIpc) is 2.92. The van der Waals surface area contributed by atoms with Gasteiger partial charge in [-0.1, -0.05) is 19.1 Å². The minimum atomic E-state index is -3.57. The van der Waals surface area contributed by atoms with Crippen molar-refractivity contribution in [1.29, 1.82) is 0 Å². The molecule has 0 saturated heterocycles. The van der Waals surface area contributed by atoms with Gasteiger partial charge in [0.25, 0.3) is 0 Å². The maximum absolute atomic E-state index is 12.3. The fourth-order valence-electron chi connectivity index (χ4n) is 2.49. The molecule has 0 saturated carbocycles. The second-order valence-corrected chi connectivity index (χ2v) is 7.42. The van der Waals surface area contributed by atoms with Gasteiger partial charge in [0, 0.05) is 13.0 Å². The summed E-state index contributed by atoms with van der Waals surface area (Å²) >= 11 is 0. The monoisotopic (exact) mass is 327 g/mol. The molecule has 1 aromatic carbocycles. The highest BCUT2D eigenvalue weighted by Gasteiger charge is 2.23. The quantitative estimate of drug-likeness (QED) is 0.778. The normalized spacial score (nSPS) is 13.9. The van der Waals surface area contributed by atoms with Gasteiger partial charge in [-0.05, 0) is 30.0 Å². The lowest BCUT2D eigenvalue weighted by Crippen LogP contribution is -2.38. The van der Waals surface area contributed by atoms with Crippen molar-refractivity contribution in [2.24, 2.45) is 0 Å². The summed E-state index contributed by atoms with van der Waals surface area (Å²) in [5.74, 6) is -0.350. The second kappa shape index (κ2) is 7.11. The maximum atomic E-state index is 12.3. The minimum Gasteiger partial charge on any atom is -0.493 e. The largest absolute Gasteiger partial charge is 0.493 e. The Hall–Kier alpha value is -1.60. The fourth-order valence-corrected chi connectivity index (χ4v) is 4.01.